The van der Waals surface area contributed by atoms with Crippen LogP contribution in [0.3, 0.4) is 0 Å². The second kappa shape index (κ2) is 2.86. The summed E-state index contributed by atoms with van der Waals surface area (Å²) in [6.45, 7) is 4.52. The summed E-state index contributed by atoms with van der Waals surface area (Å²) in [6.07, 6.45) is 10.7. The Bertz CT molecular complexity index is 131. The molecule has 0 N–H and O–H groups in total. The summed E-state index contributed by atoms with van der Waals surface area (Å²) in [4.78, 5) is 0. The quantitative estimate of drug-likeness (QED) is 0.462. The van der Waals surface area contributed by atoms with E-state index in [1.165, 1.54) is 0 Å². The molecule has 0 nitrogen and oxygen atoms in total. The fourth-order valence-electron chi connectivity index (χ4n) is 0.928. The zero-order valence-electron chi connectivity index (χ0n) is 6.09. The van der Waals surface area contributed by atoms with Crippen LogP contribution in [0.1, 0.15) is 20.3 Å². The first-order valence-electron chi connectivity index (χ1n) is 3.54. The van der Waals surface area contributed by atoms with E-state index < -0.39 is 0 Å². The zero-order chi connectivity index (χ0) is 6.69. The minimum atomic E-state index is 0.719. The topological polar surface area (TPSA) is 0 Å². The minimum Gasteiger partial charge on any atom is -0.0814 e. The van der Waals surface area contributed by atoms with Gasteiger partial charge in [0, 0.05) is 0 Å². The number of allylic oxidation sites excluding steroid dienone is 4. The van der Waals surface area contributed by atoms with E-state index in [1.54, 1.807) is 0 Å². The fraction of sp³-hybridized carbons (Fsp3) is 0.556. The Labute approximate surface area is 57.3 Å². The zero-order valence-corrected chi connectivity index (χ0v) is 6.09. The molecule has 0 aliphatic heterocycles. The van der Waals surface area contributed by atoms with E-state index in [1.807, 2.05) is 6.08 Å². The highest BCUT2D eigenvalue weighted by Gasteiger charge is 2.07. The molecule has 0 saturated carbocycles. The Morgan fingerprint density at radius 3 is 3.00 bits per heavy atom. The molecular formula is C9H13. The summed E-state index contributed by atoms with van der Waals surface area (Å²) in [5.41, 5.74) is 0. The predicted octanol–water partition coefficient (Wildman–Crippen LogP) is 2.58. The van der Waals surface area contributed by atoms with Crippen molar-refractivity contribution in [1.82, 2.24) is 0 Å². The molecule has 1 rings (SSSR count). The van der Waals surface area contributed by atoms with Crippen LogP contribution in [0.4, 0.5) is 0 Å². The molecule has 0 heterocycles. The van der Waals surface area contributed by atoms with Crippen LogP contribution in [0, 0.1) is 17.9 Å². The van der Waals surface area contributed by atoms with Crippen molar-refractivity contribution in [3.8, 4) is 0 Å². The van der Waals surface area contributed by atoms with Gasteiger partial charge in [-0.1, -0.05) is 32.1 Å². The van der Waals surface area contributed by atoms with Crippen molar-refractivity contribution in [2.75, 3.05) is 0 Å². The summed E-state index contributed by atoms with van der Waals surface area (Å²) >= 11 is 0. The van der Waals surface area contributed by atoms with Crippen LogP contribution in [-0.4, -0.2) is 0 Å². The van der Waals surface area contributed by atoms with Crippen LogP contribution in [0.25, 0.3) is 0 Å². The lowest BCUT2D eigenvalue weighted by Gasteiger charge is -2.11. The van der Waals surface area contributed by atoms with Gasteiger partial charge in [0.15, 0.2) is 0 Å². The summed E-state index contributed by atoms with van der Waals surface area (Å²) in [6, 6.07) is 0. The van der Waals surface area contributed by atoms with E-state index in [0.29, 0.717) is 0 Å². The van der Waals surface area contributed by atoms with Crippen LogP contribution in [-0.2, 0) is 0 Å². The number of hydrogen-bond acceptors (Lipinski definition) is 0. The Morgan fingerprint density at radius 2 is 2.22 bits per heavy atom. The molecule has 0 fully saturated rings. The smallest absolute Gasteiger partial charge is 0.0230 e. The maximum Gasteiger partial charge on any atom is -0.0230 e. The van der Waals surface area contributed by atoms with Crippen molar-refractivity contribution in [3.05, 3.63) is 24.3 Å². The summed E-state index contributed by atoms with van der Waals surface area (Å²) in [5, 5.41) is 0. The monoisotopic (exact) mass is 121 g/mol. The Kier molecular flexibility index (Phi) is 2.10. The van der Waals surface area contributed by atoms with Crippen molar-refractivity contribution >= 4 is 0 Å². The molecular weight excluding hydrogens is 108 g/mol. The van der Waals surface area contributed by atoms with Gasteiger partial charge in [-0.05, 0) is 24.3 Å². The van der Waals surface area contributed by atoms with Gasteiger partial charge in [0.2, 0.25) is 0 Å². The molecule has 49 valence electrons. The molecule has 1 aliphatic carbocycles. The molecule has 9 heavy (non-hydrogen) atoms. The molecule has 0 aromatic heterocycles. The highest BCUT2D eigenvalue weighted by atomic mass is 14.1. The highest BCUT2D eigenvalue weighted by Crippen LogP contribution is 2.18. The second-order valence-corrected chi connectivity index (χ2v) is 2.80. The molecule has 0 spiro atoms. The molecule has 0 saturated heterocycles. The van der Waals surface area contributed by atoms with Gasteiger partial charge in [-0.15, -0.1) is 0 Å². The van der Waals surface area contributed by atoms with E-state index in [2.05, 4.69) is 32.1 Å². The van der Waals surface area contributed by atoms with Crippen molar-refractivity contribution in [3.63, 3.8) is 0 Å². The van der Waals surface area contributed by atoms with Gasteiger partial charge in [0.1, 0.15) is 0 Å². The largest absolute Gasteiger partial charge is 0.0814 e. The lowest BCUT2D eigenvalue weighted by molar-refractivity contribution is 0.464. The fourth-order valence-corrected chi connectivity index (χ4v) is 0.928. The van der Waals surface area contributed by atoms with Crippen molar-refractivity contribution in [2.24, 2.45) is 11.8 Å². The predicted molar refractivity (Wildman–Crippen MR) is 39.9 cm³/mol. The van der Waals surface area contributed by atoms with E-state index in [4.69, 9.17) is 0 Å². The Morgan fingerprint density at radius 1 is 1.44 bits per heavy atom. The molecule has 0 amide bonds. The van der Waals surface area contributed by atoms with Gasteiger partial charge in [-0.2, -0.15) is 0 Å². The SMILES string of the molecule is CC1C=CC=[C]CC1C. The van der Waals surface area contributed by atoms with E-state index in [-0.39, 0.29) is 0 Å². The van der Waals surface area contributed by atoms with Crippen LogP contribution in [0.15, 0.2) is 18.2 Å². The average Bonchev–Trinajstić information content (AvgIpc) is 1.99. The molecule has 2 atom stereocenters. The van der Waals surface area contributed by atoms with Gasteiger partial charge >= 0.3 is 0 Å². The Balaban J connectivity index is 2.58. The van der Waals surface area contributed by atoms with Crippen LogP contribution >= 0.6 is 0 Å². The number of hydrogen-bond donors (Lipinski definition) is 0. The maximum absolute atomic E-state index is 3.22. The van der Waals surface area contributed by atoms with E-state index in [9.17, 15) is 0 Å². The summed E-state index contributed by atoms with van der Waals surface area (Å²) in [5.74, 6) is 1.48. The third-order valence-electron chi connectivity index (χ3n) is 1.97. The average molecular weight is 121 g/mol. The molecule has 0 bridgehead atoms. The van der Waals surface area contributed by atoms with Gasteiger partial charge in [0.25, 0.3) is 0 Å². The van der Waals surface area contributed by atoms with E-state index in [0.717, 1.165) is 18.3 Å². The van der Waals surface area contributed by atoms with Crippen molar-refractivity contribution < 1.29 is 0 Å². The van der Waals surface area contributed by atoms with Crippen molar-refractivity contribution in [1.29, 1.82) is 0 Å². The summed E-state index contributed by atoms with van der Waals surface area (Å²) < 4.78 is 0. The first-order valence-corrected chi connectivity index (χ1v) is 3.54. The summed E-state index contributed by atoms with van der Waals surface area (Å²) in [7, 11) is 0. The van der Waals surface area contributed by atoms with Crippen LogP contribution in [0.2, 0.25) is 0 Å². The van der Waals surface area contributed by atoms with Gasteiger partial charge < -0.3 is 0 Å². The molecule has 2 unspecified atom stereocenters. The van der Waals surface area contributed by atoms with Crippen molar-refractivity contribution in [2.45, 2.75) is 20.3 Å². The highest BCUT2D eigenvalue weighted by molar-refractivity contribution is 5.05. The maximum atomic E-state index is 3.22. The van der Waals surface area contributed by atoms with Crippen LogP contribution in [0.5, 0.6) is 0 Å². The number of rotatable bonds is 0. The molecule has 0 aromatic rings. The van der Waals surface area contributed by atoms with Gasteiger partial charge in [0.05, 0.1) is 0 Å². The molecule has 1 aliphatic rings. The van der Waals surface area contributed by atoms with Gasteiger partial charge in [-0.25, -0.2) is 0 Å². The molecule has 0 heteroatoms. The third kappa shape index (κ3) is 1.70. The standard InChI is InChI=1S/C9H13/c1-8-6-4-3-5-7-9(8)2/h3-4,6,8-9H,7H2,1-2H3. The Hall–Kier alpha value is -0.520. The second-order valence-electron chi connectivity index (χ2n) is 2.80. The third-order valence-corrected chi connectivity index (χ3v) is 1.97. The van der Waals surface area contributed by atoms with Gasteiger partial charge in [-0.3, -0.25) is 0 Å². The molecule has 0 aromatic carbocycles. The normalized spacial score (nSPS) is 34.4. The lowest BCUT2D eigenvalue weighted by Crippen LogP contribution is -2.02. The molecule has 1 radical (unpaired) electrons. The van der Waals surface area contributed by atoms with E-state index >= 15 is 0 Å². The minimum absolute atomic E-state index is 0.719. The van der Waals surface area contributed by atoms with Crippen LogP contribution < -0.4 is 0 Å². The lowest BCUT2D eigenvalue weighted by atomic mass is 9.94. The first kappa shape index (κ1) is 6.60. The first-order chi connectivity index (χ1) is 4.30.